The molecule has 2 N–H and O–H groups in total. The molecule has 0 heterocycles. The number of hydrogen-bond acceptors (Lipinski definition) is 2. The fraction of sp³-hybridized carbons (Fsp3) is 0.455. The van der Waals surface area contributed by atoms with Crippen LogP contribution in [0.4, 0.5) is 0 Å². The van der Waals surface area contributed by atoms with Gasteiger partial charge in [-0.15, -0.1) is 0 Å². The smallest absolute Gasteiger partial charge is 0.162 e. The van der Waals surface area contributed by atoms with Crippen LogP contribution in [0.5, 0.6) is 0 Å². The summed E-state index contributed by atoms with van der Waals surface area (Å²) in [5.74, 6) is 0. The average Bonchev–Trinajstić information content (AvgIpc) is 2.24. The van der Waals surface area contributed by atoms with Gasteiger partial charge in [-0.2, -0.15) is 0 Å². The molecule has 0 unspecified atom stereocenters. The molecule has 0 saturated heterocycles. The molecule has 2 nitrogen and oxygen atoms in total. The monoisotopic (exact) mass is 201 g/mol. The van der Waals surface area contributed by atoms with E-state index in [-0.39, 0.29) is 6.74 Å². The van der Waals surface area contributed by atoms with E-state index in [9.17, 15) is 0 Å². The van der Waals surface area contributed by atoms with Crippen molar-refractivity contribution in [2.45, 2.75) is 25.8 Å². The van der Waals surface area contributed by atoms with Gasteiger partial charge in [-0.05, 0) is 12.0 Å². The Balaban J connectivity index is 1.98. The van der Waals surface area contributed by atoms with Gasteiger partial charge >= 0.3 is 0 Å². The van der Waals surface area contributed by atoms with Gasteiger partial charge in [-0.25, -0.2) is 0 Å². The Bertz CT molecular complexity index is 254. The Kier molecular flexibility index (Phi) is 6.21. The second kappa shape index (κ2) is 7.55. The van der Waals surface area contributed by atoms with Gasteiger partial charge in [0, 0.05) is 14.3 Å². The van der Waals surface area contributed by atoms with Crippen molar-refractivity contribution in [1.29, 1.82) is 0 Å². The molecule has 78 valence electrons. The van der Waals surface area contributed by atoms with E-state index in [2.05, 4.69) is 12.1 Å². The molecule has 2 radical (unpaired) electrons. The van der Waals surface area contributed by atoms with Crippen LogP contribution in [0.15, 0.2) is 30.3 Å². The standard InChI is InChI=1S/C11H17B2NO/c12-13(14)8-4-5-9-15-10-11-6-2-1-3-7-11/h1-3,6-7H,4-5,8-10,14H2. The summed E-state index contributed by atoms with van der Waals surface area (Å²) in [6, 6.07) is 10.2. The van der Waals surface area contributed by atoms with Crippen LogP contribution in [0.25, 0.3) is 0 Å². The Labute approximate surface area is 93.7 Å². The van der Waals surface area contributed by atoms with E-state index in [4.69, 9.17) is 18.1 Å². The van der Waals surface area contributed by atoms with Crippen molar-refractivity contribution in [3.63, 3.8) is 0 Å². The molecule has 0 aliphatic heterocycles. The predicted octanol–water partition coefficient (Wildman–Crippen LogP) is 1.60. The highest BCUT2D eigenvalue weighted by atomic mass is 16.5. The zero-order valence-electron chi connectivity index (χ0n) is 9.06. The third-order valence-corrected chi connectivity index (χ3v) is 2.19. The van der Waals surface area contributed by atoms with Crippen molar-refractivity contribution in [2.24, 2.45) is 5.64 Å². The normalized spacial score (nSPS) is 10.2. The Morgan fingerprint density at radius 2 is 1.93 bits per heavy atom. The first-order chi connectivity index (χ1) is 7.29. The first-order valence-corrected chi connectivity index (χ1v) is 5.42. The third-order valence-electron chi connectivity index (χ3n) is 2.19. The summed E-state index contributed by atoms with van der Waals surface area (Å²) in [6.45, 7) is 1.29. The van der Waals surface area contributed by atoms with E-state index in [1.165, 1.54) is 5.56 Å². The topological polar surface area (TPSA) is 35.2 Å². The largest absolute Gasteiger partial charge is 0.377 e. The van der Waals surface area contributed by atoms with Crippen molar-refractivity contribution in [2.75, 3.05) is 6.61 Å². The maximum absolute atomic E-state index is 5.52. The summed E-state index contributed by atoms with van der Waals surface area (Å²) < 4.78 is 5.52. The molecule has 0 saturated carbocycles. The Morgan fingerprint density at radius 3 is 2.60 bits per heavy atom. The number of ether oxygens (including phenoxy) is 1. The number of benzene rings is 1. The van der Waals surface area contributed by atoms with Crippen LogP contribution in [-0.4, -0.2) is 21.1 Å². The molecular weight excluding hydrogens is 184 g/mol. The van der Waals surface area contributed by atoms with Gasteiger partial charge < -0.3 is 10.4 Å². The molecule has 0 fully saturated rings. The van der Waals surface area contributed by atoms with Gasteiger partial charge in [0.05, 0.1) is 6.61 Å². The van der Waals surface area contributed by atoms with Gasteiger partial charge in [0.2, 0.25) is 0 Å². The maximum atomic E-state index is 5.52. The molecule has 0 aliphatic carbocycles. The lowest BCUT2D eigenvalue weighted by atomic mass is 9.41. The van der Waals surface area contributed by atoms with Crippen molar-refractivity contribution in [3.05, 3.63) is 35.9 Å². The van der Waals surface area contributed by atoms with Gasteiger partial charge in [0.25, 0.3) is 0 Å². The van der Waals surface area contributed by atoms with E-state index < -0.39 is 0 Å². The zero-order valence-corrected chi connectivity index (χ0v) is 9.06. The van der Waals surface area contributed by atoms with Crippen molar-refractivity contribution in [3.8, 4) is 0 Å². The van der Waals surface area contributed by atoms with Crippen molar-refractivity contribution in [1.82, 2.24) is 0 Å². The summed E-state index contributed by atoms with van der Waals surface area (Å²) in [7, 11) is 5.44. The molecular formula is C11H17B2NO. The van der Waals surface area contributed by atoms with Crippen LogP contribution >= 0.6 is 0 Å². The van der Waals surface area contributed by atoms with Gasteiger partial charge in [0.15, 0.2) is 6.74 Å². The minimum Gasteiger partial charge on any atom is -0.377 e. The van der Waals surface area contributed by atoms with Crippen LogP contribution in [0, 0.1) is 0 Å². The number of hydrogen-bond donors (Lipinski definition) is 1. The number of rotatable bonds is 7. The highest BCUT2D eigenvalue weighted by molar-refractivity contribution is 7.01. The molecule has 0 bridgehead atoms. The third kappa shape index (κ3) is 6.37. The van der Waals surface area contributed by atoms with Gasteiger partial charge in [-0.3, -0.25) is 0 Å². The van der Waals surface area contributed by atoms with E-state index in [1.807, 2.05) is 18.2 Å². The predicted molar refractivity (Wildman–Crippen MR) is 65.8 cm³/mol. The Hall–Kier alpha value is -0.730. The maximum Gasteiger partial charge on any atom is 0.162 e. The van der Waals surface area contributed by atoms with E-state index in [0.717, 1.165) is 25.8 Å². The summed E-state index contributed by atoms with van der Waals surface area (Å²) in [5.41, 5.74) is 6.65. The number of nitrogens with two attached hydrogens (primary N) is 1. The van der Waals surface area contributed by atoms with Crippen LogP contribution in [0.1, 0.15) is 18.4 Å². The number of unbranched alkanes of at least 4 members (excludes halogenated alkanes) is 1. The summed E-state index contributed by atoms with van der Waals surface area (Å²) >= 11 is 0. The SMILES string of the molecule is [B]B(N)CCCCOCc1ccccc1. The van der Waals surface area contributed by atoms with E-state index >= 15 is 0 Å². The first-order valence-electron chi connectivity index (χ1n) is 5.42. The van der Waals surface area contributed by atoms with Gasteiger partial charge in [-0.1, -0.05) is 43.1 Å². The fourth-order valence-electron chi connectivity index (χ4n) is 1.35. The molecule has 0 aliphatic rings. The molecule has 1 rings (SSSR count). The average molecular weight is 201 g/mol. The summed E-state index contributed by atoms with van der Waals surface area (Å²) in [6.07, 6.45) is 2.93. The summed E-state index contributed by atoms with van der Waals surface area (Å²) in [4.78, 5) is 0. The second-order valence-electron chi connectivity index (χ2n) is 3.70. The van der Waals surface area contributed by atoms with E-state index in [0.29, 0.717) is 6.61 Å². The highest BCUT2D eigenvalue weighted by Gasteiger charge is 1.97. The fourth-order valence-corrected chi connectivity index (χ4v) is 1.35. The lowest BCUT2D eigenvalue weighted by Crippen LogP contribution is -2.25. The molecule has 0 aromatic heterocycles. The van der Waals surface area contributed by atoms with Crippen LogP contribution < -0.4 is 5.64 Å². The Morgan fingerprint density at radius 1 is 1.20 bits per heavy atom. The van der Waals surface area contributed by atoms with Crippen LogP contribution in [0.2, 0.25) is 6.32 Å². The minimum atomic E-state index is -0.181. The van der Waals surface area contributed by atoms with Crippen LogP contribution in [-0.2, 0) is 11.3 Å². The van der Waals surface area contributed by atoms with Crippen LogP contribution in [0.3, 0.4) is 0 Å². The quantitative estimate of drug-likeness (QED) is 0.536. The van der Waals surface area contributed by atoms with E-state index in [1.54, 1.807) is 0 Å². The zero-order chi connectivity index (χ0) is 10.9. The van der Waals surface area contributed by atoms with Crippen molar-refractivity contribution >= 4 is 14.5 Å². The molecule has 0 atom stereocenters. The molecule has 0 spiro atoms. The molecule has 0 amide bonds. The molecule has 1 aromatic rings. The lowest BCUT2D eigenvalue weighted by molar-refractivity contribution is 0.118. The molecule has 15 heavy (non-hydrogen) atoms. The lowest BCUT2D eigenvalue weighted by Gasteiger charge is -2.04. The highest BCUT2D eigenvalue weighted by Crippen LogP contribution is 2.02. The molecule has 1 aromatic carbocycles. The first kappa shape index (κ1) is 12.3. The van der Waals surface area contributed by atoms with Crippen molar-refractivity contribution < 1.29 is 4.74 Å². The second-order valence-corrected chi connectivity index (χ2v) is 3.70. The summed E-state index contributed by atoms with van der Waals surface area (Å²) in [5, 5.41) is 0. The van der Waals surface area contributed by atoms with Gasteiger partial charge in [0.1, 0.15) is 0 Å². The molecule has 4 heteroatoms. The minimum absolute atomic E-state index is 0.181.